The molecule has 3 heteroatoms. The van der Waals surface area contributed by atoms with E-state index in [1.54, 1.807) is 12.1 Å². The van der Waals surface area contributed by atoms with E-state index < -0.39 is 0 Å². The third-order valence-corrected chi connectivity index (χ3v) is 6.22. The number of allylic oxidation sites excluding steroid dienone is 2. The standard InChI is InChI=1S/C25H26O3/c1-15-12-13-19(17(3)14-15)22-23(26)21-16(2)8-7-11-20(21)24(22)28-25(27)18-9-5-4-6-10-18/h4-6,9-10,12-14,16,20-21H,7-8,11H2,1-3H3. The van der Waals surface area contributed by atoms with Gasteiger partial charge in [-0.2, -0.15) is 0 Å². The van der Waals surface area contributed by atoms with E-state index >= 15 is 0 Å². The minimum absolute atomic E-state index is 0.000356. The monoisotopic (exact) mass is 374 g/mol. The van der Waals surface area contributed by atoms with Crippen LogP contribution in [0.5, 0.6) is 0 Å². The number of aryl methyl sites for hydroxylation is 2. The van der Waals surface area contributed by atoms with E-state index in [4.69, 9.17) is 4.74 Å². The molecule has 3 atom stereocenters. The van der Waals surface area contributed by atoms with Gasteiger partial charge in [-0.1, -0.05) is 55.3 Å². The summed E-state index contributed by atoms with van der Waals surface area (Å²) in [5.41, 5.74) is 4.22. The summed E-state index contributed by atoms with van der Waals surface area (Å²) in [6.07, 6.45) is 3.00. The van der Waals surface area contributed by atoms with Gasteiger partial charge in [-0.25, -0.2) is 4.79 Å². The van der Waals surface area contributed by atoms with E-state index in [0.29, 0.717) is 22.8 Å². The first-order valence-corrected chi connectivity index (χ1v) is 10.1. The third-order valence-electron chi connectivity index (χ3n) is 6.22. The predicted octanol–water partition coefficient (Wildman–Crippen LogP) is 5.51. The summed E-state index contributed by atoms with van der Waals surface area (Å²) < 4.78 is 5.96. The summed E-state index contributed by atoms with van der Waals surface area (Å²) in [6, 6.07) is 15.1. The van der Waals surface area contributed by atoms with Gasteiger partial charge in [0.25, 0.3) is 0 Å². The molecule has 0 aliphatic heterocycles. The number of hydrogen-bond acceptors (Lipinski definition) is 3. The van der Waals surface area contributed by atoms with E-state index in [0.717, 1.165) is 36.0 Å². The van der Waals surface area contributed by atoms with E-state index in [1.807, 2.05) is 44.2 Å². The van der Waals surface area contributed by atoms with Crippen molar-refractivity contribution in [3.8, 4) is 0 Å². The number of carbonyl (C=O) groups excluding carboxylic acids is 2. The summed E-state index contributed by atoms with van der Waals surface area (Å²) in [4.78, 5) is 26.3. The first-order valence-electron chi connectivity index (χ1n) is 10.1. The lowest BCUT2D eigenvalue weighted by molar-refractivity contribution is -0.120. The van der Waals surface area contributed by atoms with Gasteiger partial charge in [0.05, 0.1) is 11.1 Å². The Hall–Kier alpha value is -2.68. The molecule has 0 heterocycles. The van der Waals surface area contributed by atoms with Crippen LogP contribution in [0.25, 0.3) is 5.57 Å². The van der Waals surface area contributed by atoms with Gasteiger partial charge >= 0.3 is 5.97 Å². The fourth-order valence-electron chi connectivity index (χ4n) is 4.84. The van der Waals surface area contributed by atoms with Crippen LogP contribution in [-0.4, -0.2) is 11.8 Å². The van der Waals surface area contributed by atoms with Crippen molar-refractivity contribution in [3.63, 3.8) is 0 Å². The molecule has 28 heavy (non-hydrogen) atoms. The van der Waals surface area contributed by atoms with Gasteiger partial charge < -0.3 is 4.74 Å². The zero-order valence-corrected chi connectivity index (χ0v) is 16.7. The van der Waals surface area contributed by atoms with Gasteiger partial charge in [0, 0.05) is 11.8 Å². The van der Waals surface area contributed by atoms with Gasteiger partial charge in [-0.05, 0) is 55.9 Å². The molecule has 144 valence electrons. The number of esters is 1. The van der Waals surface area contributed by atoms with Crippen LogP contribution in [0.1, 0.15) is 53.2 Å². The molecule has 1 fully saturated rings. The molecular weight excluding hydrogens is 348 g/mol. The van der Waals surface area contributed by atoms with Crippen LogP contribution in [0.3, 0.4) is 0 Å². The Bertz CT molecular complexity index is 955. The van der Waals surface area contributed by atoms with Crippen molar-refractivity contribution < 1.29 is 14.3 Å². The second kappa shape index (κ2) is 7.38. The van der Waals surface area contributed by atoms with Crippen LogP contribution < -0.4 is 0 Å². The van der Waals surface area contributed by atoms with Crippen molar-refractivity contribution in [2.75, 3.05) is 0 Å². The molecule has 2 aromatic rings. The topological polar surface area (TPSA) is 43.4 Å². The Labute approximate surface area is 166 Å². The second-order valence-corrected chi connectivity index (χ2v) is 8.22. The molecule has 2 aliphatic carbocycles. The molecule has 0 bridgehead atoms. The average molecular weight is 374 g/mol. The quantitative estimate of drug-likeness (QED) is 0.666. The summed E-state index contributed by atoms with van der Waals surface area (Å²) in [5.74, 6) is 0.564. The number of rotatable bonds is 3. The molecule has 2 aromatic carbocycles. The lowest BCUT2D eigenvalue weighted by Gasteiger charge is -2.31. The highest BCUT2D eigenvalue weighted by Crippen LogP contribution is 2.50. The molecule has 0 saturated heterocycles. The zero-order chi connectivity index (χ0) is 19.8. The first kappa shape index (κ1) is 18.7. The summed E-state index contributed by atoms with van der Waals surface area (Å²) >= 11 is 0. The van der Waals surface area contributed by atoms with Crippen molar-refractivity contribution in [1.29, 1.82) is 0 Å². The molecule has 0 spiro atoms. The van der Waals surface area contributed by atoms with Crippen molar-refractivity contribution in [2.45, 2.75) is 40.0 Å². The maximum atomic E-state index is 13.5. The smallest absolute Gasteiger partial charge is 0.343 e. The molecule has 0 amide bonds. The fraction of sp³-hybridized carbons (Fsp3) is 0.360. The molecule has 3 unspecified atom stereocenters. The highest BCUT2D eigenvalue weighted by Gasteiger charge is 2.48. The number of carbonyl (C=O) groups is 2. The van der Waals surface area contributed by atoms with Gasteiger partial charge in [0.1, 0.15) is 5.76 Å². The zero-order valence-electron chi connectivity index (χ0n) is 16.7. The second-order valence-electron chi connectivity index (χ2n) is 8.22. The normalized spacial score (nSPS) is 24.2. The minimum atomic E-state index is -0.385. The molecule has 1 saturated carbocycles. The lowest BCUT2D eigenvalue weighted by Crippen LogP contribution is -2.29. The highest BCUT2D eigenvalue weighted by atomic mass is 16.5. The molecule has 3 nitrogen and oxygen atoms in total. The average Bonchev–Trinajstić information content (AvgIpc) is 2.96. The van der Waals surface area contributed by atoms with Crippen molar-refractivity contribution in [1.82, 2.24) is 0 Å². The van der Waals surface area contributed by atoms with Crippen LogP contribution in [-0.2, 0) is 9.53 Å². The van der Waals surface area contributed by atoms with E-state index in [1.165, 1.54) is 0 Å². The number of benzene rings is 2. The van der Waals surface area contributed by atoms with Gasteiger partial charge in [-0.15, -0.1) is 0 Å². The largest absolute Gasteiger partial charge is 0.426 e. The number of Topliss-reactive ketones (excluding diaryl/α,β-unsaturated/α-hetero) is 1. The lowest BCUT2D eigenvalue weighted by atomic mass is 9.73. The highest BCUT2D eigenvalue weighted by molar-refractivity contribution is 6.25. The summed E-state index contributed by atoms with van der Waals surface area (Å²) in [5, 5.41) is 0. The Kier molecular flexibility index (Phi) is 4.92. The molecule has 0 radical (unpaired) electrons. The molecule has 0 aromatic heterocycles. The van der Waals surface area contributed by atoms with Gasteiger partial charge in [-0.3, -0.25) is 4.79 Å². The Balaban J connectivity index is 1.81. The van der Waals surface area contributed by atoms with Crippen molar-refractivity contribution in [3.05, 3.63) is 76.5 Å². The van der Waals surface area contributed by atoms with E-state index in [-0.39, 0.29) is 23.6 Å². The molecular formula is C25H26O3. The number of hydrogen-bond donors (Lipinski definition) is 0. The Morgan fingerprint density at radius 3 is 2.50 bits per heavy atom. The van der Waals surface area contributed by atoms with Crippen LogP contribution in [0.4, 0.5) is 0 Å². The van der Waals surface area contributed by atoms with Crippen LogP contribution in [0.15, 0.2) is 54.3 Å². The first-order chi connectivity index (χ1) is 13.5. The maximum absolute atomic E-state index is 13.5. The third kappa shape index (κ3) is 3.19. The Morgan fingerprint density at radius 2 is 1.79 bits per heavy atom. The summed E-state index contributed by atoms with van der Waals surface area (Å²) in [6.45, 7) is 6.21. The van der Waals surface area contributed by atoms with Crippen LogP contribution in [0, 0.1) is 31.6 Å². The molecule has 0 N–H and O–H groups in total. The van der Waals surface area contributed by atoms with E-state index in [9.17, 15) is 9.59 Å². The van der Waals surface area contributed by atoms with E-state index in [2.05, 4.69) is 13.0 Å². The van der Waals surface area contributed by atoms with Crippen LogP contribution in [0.2, 0.25) is 0 Å². The molecule has 4 rings (SSSR count). The van der Waals surface area contributed by atoms with Crippen molar-refractivity contribution in [2.24, 2.45) is 17.8 Å². The van der Waals surface area contributed by atoms with Gasteiger partial charge in [0.15, 0.2) is 5.78 Å². The minimum Gasteiger partial charge on any atom is -0.426 e. The number of ketones is 1. The fourth-order valence-corrected chi connectivity index (χ4v) is 4.84. The van der Waals surface area contributed by atoms with Gasteiger partial charge in [0.2, 0.25) is 0 Å². The van der Waals surface area contributed by atoms with Crippen molar-refractivity contribution >= 4 is 17.3 Å². The predicted molar refractivity (Wildman–Crippen MR) is 110 cm³/mol. The SMILES string of the molecule is Cc1ccc(C2=C(OC(=O)c3ccccc3)C3CCCC(C)C3C2=O)c(C)c1. The number of ether oxygens (including phenoxy) is 1. The Morgan fingerprint density at radius 1 is 1.04 bits per heavy atom. The maximum Gasteiger partial charge on any atom is 0.343 e. The molecule has 2 aliphatic rings. The van der Waals surface area contributed by atoms with Crippen LogP contribution >= 0.6 is 0 Å². The summed E-state index contributed by atoms with van der Waals surface area (Å²) in [7, 11) is 0. The number of fused-ring (bicyclic) bond motifs is 1.